The molecule has 138 valence electrons. The van der Waals surface area contributed by atoms with Gasteiger partial charge in [-0.3, -0.25) is 19.3 Å². The van der Waals surface area contributed by atoms with E-state index in [9.17, 15) is 14.4 Å². The molecule has 3 aliphatic heterocycles. The maximum Gasteiger partial charge on any atom is 0.261 e. The maximum atomic E-state index is 12.8. The van der Waals surface area contributed by atoms with Crippen molar-refractivity contribution in [1.82, 2.24) is 15.1 Å². The molecule has 7 heteroatoms. The van der Waals surface area contributed by atoms with Crippen LogP contribution < -0.4 is 5.32 Å². The highest BCUT2D eigenvalue weighted by Gasteiger charge is 2.38. The zero-order valence-electron chi connectivity index (χ0n) is 14.9. The molecule has 2 unspecified atom stereocenters. The number of fused-ring (bicyclic) bond motifs is 1. The van der Waals surface area contributed by atoms with E-state index < -0.39 is 0 Å². The minimum atomic E-state index is -0.330. The van der Waals surface area contributed by atoms with E-state index in [2.05, 4.69) is 5.32 Å². The molecular formula is C19H23N3O4. The highest BCUT2D eigenvalue weighted by molar-refractivity contribution is 6.22. The predicted octanol–water partition coefficient (Wildman–Crippen LogP) is 0.895. The molecule has 0 aliphatic carbocycles. The van der Waals surface area contributed by atoms with Gasteiger partial charge in [-0.1, -0.05) is 0 Å². The van der Waals surface area contributed by atoms with Crippen LogP contribution in [-0.4, -0.2) is 72.5 Å². The second kappa shape index (κ2) is 6.81. The topological polar surface area (TPSA) is 79.0 Å². The maximum absolute atomic E-state index is 12.8. The SMILES string of the molecule is CC1CNCCN1C(=O)c1ccc2c(c1)C(=O)N(CC1CCCO1)C2=O. The second-order valence-electron chi connectivity index (χ2n) is 7.17. The summed E-state index contributed by atoms with van der Waals surface area (Å²) in [6.45, 7) is 5.10. The van der Waals surface area contributed by atoms with Crippen molar-refractivity contribution in [2.45, 2.75) is 31.9 Å². The number of carbonyl (C=O) groups excluding carboxylic acids is 3. The van der Waals surface area contributed by atoms with Gasteiger partial charge in [-0.25, -0.2) is 0 Å². The normalized spacial score (nSPS) is 25.7. The first kappa shape index (κ1) is 17.2. The highest BCUT2D eigenvalue weighted by Crippen LogP contribution is 2.26. The Balaban J connectivity index is 1.56. The van der Waals surface area contributed by atoms with E-state index in [1.165, 1.54) is 4.90 Å². The molecule has 0 saturated carbocycles. The zero-order chi connectivity index (χ0) is 18.3. The van der Waals surface area contributed by atoms with Gasteiger partial charge in [-0.05, 0) is 38.0 Å². The molecule has 2 saturated heterocycles. The van der Waals surface area contributed by atoms with Crippen molar-refractivity contribution in [2.75, 3.05) is 32.8 Å². The average Bonchev–Trinajstić information content (AvgIpc) is 3.25. The van der Waals surface area contributed by atoms with Gasteiger partial charge in [0.05, 0.1) is 23.8 Å². The summed E-state index contributed by atoms with van der Waals surface area (Å²) in [7, 11) is 0. The van der Waals surface area contributed by atoms with Crippen LogP contribution in [0.4, 0.5) is 0 Å². The molecule has 1 aromatic rings. The lowest BCUT2D eigenvalue weighted by molar-refractivity contribution is 0.0475. The number of nitrogens with one attached hydrogen (secondary N) is 1. The number of nitrogens with zero attached hydrogens (tertiary/aromatic N) is 2. The molecule has 0 spiro atoms. The minimum Gasteiger partial charge on any atom is -0.376 e. The summed E-state index contributed by atoms with van der Waals surface area (Å²) in [6, 6.07) is 4.92. The summed E-state index contributed by atoms with van der Waals surface area (Å²) in [4.78, 5) is 41.2. The lowest BCUT2D eigenvalue weighted by Gasteiger charge is -2.34. The van der Waals surface area contributed by atoms with Crippen molar-refractivity contribution < 1.29 is 19.1 Å². The van der Waals surface area contributed by atoms with Crippen molar-refractivity contribution in [3.63, 3.8) is 0 Å². The molecule has 3 aliphatic rings. The molecule has 0 aromatic heterocycles. The number of rotatable bonds is 3. The Morgan fingerprint density at radius 1 is 1.27 bits per heavy atom. The van der Waals surface area contributed by atoms with E-state index in [-0.39, 0.29) is 36.4 Å². The molecule has 3 amide bonds. The van der Waals surface area contributed by atoms with E-state index in [1.807, 2.05) is 11.8 Å². The Hall–Kier alpha value is -2.25. The zero-order valence-corrected chi connectivity index (χ0v) is 14.9. The minimum absolute atomic E-state index is 0.0833. The van der Waals surface area contributed by atoms with Gasteiger partial charge in [-0.2, -0.15) is 0 Å². The Morgan fingerprint density at radius 3 is 2.81 bits per heavy atom. The van der Waals surface area contributed by atoms with Crippen molar-refractivity contribution in [2.24, 2.45) is 0 Å². The lowest BCUT2D eigenvalue weighted by Crippen LogP contribution is -2.52. The number of hydrogen-bond donors (Lipinski definition) is 1. The average molecular weight is 357 g/mol. The van der Waals surface area contributed by atoms with Crippen molar-refractivity contribution in [3.05, 3.63) is 34.9 Å². The van der Waals surface area contributed by atoms with E-state index in [1.54, 1.807) is 18.2 Å². The van der Waals surface area contributed by atoms with Crippen LogP contribution in [0.1, 0.15) is 50.8 Å². The van der Waals surface area contributed by atoms with Crippen LogP contribution in [0, 0.1) is 0 Å². The fourth-order valence-electron chi connectivity index (χ4n) is 3.89. The second-order valence-corrected chi connectivity index (χ2v) is 7.17. The summed E-state index contributed by atoms with van der Waals surface area (Å²) in [5, 5.41) is 3.25. The summed E-state index contributed by atoms with van der Waals surface area (Å²) in [6.07, 6.45) is 1.73. The van der Waals surface area contributed by atoms with Crippen molar-refractivity contribution in [1.29, 1.82) is 0 Å². The molecule has 1 N–H and O–H groups in total. The molecule has 2 atom stereocenters. The third kappa shape index (κ3) is 2.91. The Labute approximate surface area is 152 Å². The molecular weight excluding hydrogens is 334 g/mol. The molecule has 0 radical (unpaired) electrons. The standard InChI is InChI=1S/C19H23N3O4/c1-12-10-20-6-7-21(12)17(23)13-4-5-15-16(9-13)19(25)22(18(15)24)11-14-3-2-8-26-14/h4-5,9,12,14,20H,2-3,6-8,10-11H2,1H3. The summed E-state index contributed by atoms with van der Waals surface area (Å²) in [5.41, 5.74) is 1.15. The quantitative estimate of drug-likeness (QED) is 0.813. The van der Waals surface area contributed by atoms with Crippen LogP contribution in [0.25, 0.3) is 0 Å². The van der Waals surface area contributed by atoms with Gasteiger partial charge in [-0.15, -0.1) is 0 Å². The largest absolute Gasteiger partial charge is 0.376 e. The summed E-state index contributed by atoms with van der Waals surface area (Å²) < 4.78 is 5.55. The van der Waals surface area contributed by atoms with Crippen molar-refractivity contribution in [3.8, 4) is 0 Å². The number of amides is 3. The molecule has 3 heterocycles. The van der Waals surface area contributed by atoms with Gasteiger partial charge >= 0.3 is 0 Å². The number of imide groups is 1. The molecule has 26 heavy (non-hydrogen) atoms. The Kier molecular flexibility index (Phi) is 4.50. The number of hydrogen-bond acceptors (Lipinski definition) is 5. The van der Waals surface area contributed by atoms with Crippen LogP contribution >= 0.6 is 0 Å². The monoisotopic (exact) mass is 357 g/mol. The molecule has 7 nitrogen and oxygen atoms in total. The van der Waals surface area contributed by atoms with Gasteiger partial charge in [0.2, 0.25) is 0 Å². The molecule has 0 bridgehead atoms. The number of piperazine rings is 1. The van der Waals surface area contributed by atoms with Crippen LogP contribution in [0.3, 0.4) is 0 Å². The first-order chi connectivity index (χ1) is 12.6. The third-order valence-electron chi connectivity index (χ3n) is 5.39. The van der Waals surface area contributed by atoms with Gasteiger partial charge in [0, 0.05) is 37.8 Å². The first-order valence-electron chi connectivity index (χ1n) is 9.20. The fourth-order valence-corrected chi connectivity index (χ4v) is 3.89. The number of benzene rings is 1. The van der Waals surface area contributed by atoms with E-state index >= 15 is 0 Å². The van der Waals surface area contributed by atoms with E-state index in [0.29, 0.717) is 29.8 Å². The number of carbonyl (C=O) groups is 3. The first-order valence-corrected chi connectivity index (χ1v) is 9.20. The molecule has 2 fully saturated rings. The molecule has 4 rings (SSSR count). The Morgan fingerprint density at radius 2 is 2.08 bits per heavy atom. The summed E-state index contributed by atoms with van der Waals surface area (Å²) in [5.74, 6) is -0.724. The number of ether oxygens (including phenoxy) is 1. The van der Waals surface area contributed by atoms with Crippen LogP contribution in [0.5, 0.6) is 0 Å². The molecule has 1 aromatic carbocycles. The van der Waals surface area contributed by atoms with Crippen molar-refractivity contribution >= 4 is 17.7 Å². The fraction of sp³-hybridized carbons (Fsp3) is 0.526. The lowest BCUT2D eigenvalue weighted by atomic mass is 10.0. The van der Waals surface area contributed by atoms with Gasteiger partial charge in [0.15, 0.2) is 0 Å². The third-order valence-corrected chi connectivity index (χ3v) is 5.39. The van der Waals surface area contributed by atoms with Gasteiger partial charge in [0.1, 0.15) is 0 Å². The van der Waals surface area contributed by atoms with Gasteiger partial charge < -0.3 is 15.0 Å². The Bertz CT molecular complexity index is 757. The van der Waals surface area contributed by atoms with Crippen LogP contribution in [-0.2, 0) is 4.74 Å². The van der Waals surface area contributed by atoms with E-state index in [0.717, 1.165) is 25.9 Å². The van der Waals surface area contributed by atoms with Crippen LogP contribution in [0.2, 0.25) is 0 Å². The van der Waals surface area contributed by atoms with Crippen LogP contribution in [0.15, 0.2) is 18.2 Å². The predicted molar refractivity (Wildman–Crippen MR) is 94.2 cm³/mol. The van der Waals surface area contributed by atoms with Gasteiger partial charge in [0.25, 0.3) is 17.7 Å². The highest BCUT2D eigenvalue weighted by atomic mass is 16.5. The smallest absolute Gasteiger partial charge is 0.261 e. The van der Waals surface area contributed by atoms with E-state index in [4.69, 9.17) is 4.74 Å². The summed E-state index contributed by atoms with van der Waals surface area (Å²) >= 11 is 0.